The zero-order valence-corrected chi connectivity index (χ0v) is 10.4. The summed E-state index contributed by atoms with van der Waals surface area (Å²) in [6.07, 6.45) is 0.205. The lowest BCUT2D eigenvalue weighted by Gasteiger charge is -2.20. The monoisotopic (exact) mass is 225 g/mol. The van der Waals surface area contributed by atoms with Crippen LogP contribution in [0.15, 0.2) is 18.2 Å². The Balaban J connectivity index is 2.78. The topological polar surface area (TPSA) is 21.3 Å². The molecular weight excluding hydrogens is 205 g/mol. The van der Waals surface area contributed by atoms with E-state index >= 15 is 0 Å². The summed E-state index contributed by atoms with van der Waals surface area (Å²) < 4.78 is 18.6. The molecule has 0 fully saturated rings. The second-order valence-corrected chi connectivity index (χ2v) is 4.22. The Kier molecular flexibility index (Phi) is 4.90. The van der Waals surface area contributed by atoms with Gasteiger partial charge >= 0.3 is 0 Å². The summed E-state index contributed by atoms with van der Waals surface area (Å²) in [5.41, 5.74) is 2.04. The lowest BCUT2D eigenvalue weighted by molar-refractivity contribution is 0.0625. The first kappa shape index (κ1) is 13.1. The first-order chi connectivity index (χ1) is 7.54. The van der Waals surface area contributed by atoms with Gasteiger partial charge in [-0.1, -0.05) is 6.07 Å². The third-order valence-electron chi connectivity index (χ3n) is 2.55. The molecule has 0 aromatic heterocycles. The van der Waals surface area contributed by atoms with Crippen LogP contribution in [0.2, 0.25) is 0 Å². The Bertz CT molecular complexity index is 339. The number of likely N-dealkylation sites (N-methyl/N-ethyl adjacent to an activating group) is 1. The molecule has 0 radical (unpaired) electrons. The van der Waals surface area contributed by atoms with Crippen LogP contribution in [0.5, 0.6) is 0 Å². The summed E-state index contributed by atoms with van der Waals surface area (Å²) in [4.78, 5) is 0. The van der Waals surface area contributed by atoms with E-state index in [1.54, 1.807) is 6.07 Å². The van der Waals surface area contributed by atoms with Gasteiger partial charge in [-0.3, -0.25) is 0 Å². The van der Waals surface area contributed by atoms with E-state index in [9.17, 15) is 4.39 Å². The molecule has 1 rings (SSSR count). The van der Waals surface area contributed by atoms with Crippen molar-refractivity contribution in [3.8, 4) is 0 Å². The summed E-state index contributed by atoms with van der Waals surface area (Å²) >= 11 is 0. The molecule has 0 heterocycles. The molecule has 1 N–H and O–H groups in total. The molecule has 3 heteroatoms. The maximum Gasteiger partial charge on any atom is 0.123 e. The van der Waals surface area contributed by atoms with Crippen molar-refractivity contribution in [2.24, 2.45) is 0 Å². The predicted octanol–water partition coefficient (Wildman–Crippen LogP) is 2.82. The molecule has 0 aliphatic carbocycles. The van der Waals surface area contributed by atoms with Gasteiger partial charge in [0.15, 0.2) is 0 Å². The van der Waals surface area contributed by atoms with Crippen molar-refractivity contribution in [1.82, 2.24) is 5.32 Å². The van der Waals surface area contributed by atoms with Gasteiger partial charge in [-0.05, 0) is 51.1 Å². The molecule has 1 aromatic rings. The van der Waals surface area contributed by atoms with Crippen molar-refractivity contribution >= 4 is 0 Å². The molecule has 0 aliphatic heterocycles. The van der Waals surface area contributed by atoms with Crippen molar-refractivity contribution in [3.63, 3.8) is 0 Å². The Morgan fingerprint density at radius 1 is 1.38 bits per heavy atom. The van der Waals surface area contributed by atoms with Gasteiger partial charge in [0.25, 0.3) is 0 Å². The normalized spacial score (nSPS) is 13.1. The molecule has 1 atom stereocenters. The molecule has 2 nitrogen and oxygen atoms in total. The lowest BCUT2D eigenvalue weighted by Crippen LogP contribution is -2.24. The molecular formula is C13H20FNO. The van der Waals surface area contributed by atoms with Gasteiger partial charge in [0, 0.05) is 0 Å². The largest absolute Gasteiger partial charge is 0.377 e. The van der Waals surface area contributed by atoms with E-state index < -0.39 is 0 Å². The van der Waals surface area contributed by atoms with Gasteiger partial charge in [-0.2, -0.15) is 0 Å². The van der Waals surface area contributed by atoms with Crippen molar-refractivity contribution < 1.29 is 9.13 Å². The second-order valence-electron chi connectivity index (χ2n) is 4.22. The third kappa shape index (κ3) is 3.58. The minimum absolute atomic E-state index is 0.114. The standard InChI is InChI=1S/C13H20FNO/c1-9(2)16-8-13(15-4)12-6-5-11(14)7-10(12)3/h5-7,9,13,15H,8H2,1-4H3. The van der Waals surface area contributed by atoms with E-state index in [0.29, 0.717) is 6.61 Å². The predicted molar refractivity (Wildman–Crippen MR) is 64.0 cm³/mol. The molecule has 0 saturated heterocycles. The summed E-state index contributed by atoms with van der Waals surface area (Å²) in [7, 11) is 1.89. The number of aryl methyl sites for hydroxylation is 1. The van der Waals surface area contributed by atoms with Gasteiger partial charge in [-0.15, -0.1) is 0 Å². The highest BCUT2D eigenvalue weighted by molar-refractivity contribution is 5.29. The van der Waals surface area contributed by atoms with E-state index in [1.807, 2.05) is 33.9 Å². The first-order valence-corrected chi connectivity index (χ1v) is 5.59. The van der Waals surface area contributed by atoms with Crippen molar-refractivity contribution in [2.75, 3.05) is 13.7 Å². The number of benzene rings is 1. The summed E-state index contributed by atoms with van der Waals surface area (Å²) in [5.74, 6) is -0.194. The zero-order valence-electron chi connectivity index (χ0n) is 10.4. The fraction of sp³-hybridized carbons (Fsp3) is 0.538. The highest BCUT2D eigenvalue weighted by Gasteiger charge is 2.13. The Hall–Kier alpha value is -0.930. The summed E-state index contributed by atoms with van der Waals surface area (Å²) in [6.45, 7) is 6.52. The SMILES string of the molecule is CNC(COC(C)C)c1ccc(F)cc1C. The van der Waals surface area contributed by atoms with E-state index in [-0.39, 0.29) is 18.0 Å². The molecule has 90 valence electrons. The molecule has 0 saturated carbocycles. The van der Waals surface area contributed by atoms with Crippen molar-refractivity contribution in [2.45, 2.75) is 32.9 Å². The Labute approximate surface area is 96.8 Å². The number of nitrogens with one attached hydrogen (secondary N) is 1. The minimum Gasteiger partial charge on any atom is -0.377 e. The van der Waals surface area contributed by atoms with E-state index in [4.69, 9.17) is 4.74 Å². The van der Waals surface area contributed by atoms with Crippen molar-refractivity contribution in [1.29, 1.82) is 0 Å². The second kappa shape index (κ2) is 5.97. The van der Waals surface area contributed by atoms with Crippen LogP contribution in [0.3, 0.4) is 0 Å². The van der Waals surface area contributed by atoms with Crippen LogP contribution >= 0.6 is 0 Å². The van der Waals surface area contributed by atoms with Crippen LogP contribution in [0.4, 0.5) is 4.39 Å². The number of hydrogen-bond donors (Lipinski definition) is 1. The minimum atomic E-state index is -0.194. The average Bonchev–Trinajstić information content (AvgIpc) is 2.21. The Morgan fingerprint density at radius 2 is 2.06 bits per heavy atom. The highest BCUT2D eigenvalue weighted by atomic mass is 19.1. The van der Waals surface area contributed by atoms with Gasteiger partial charge in [0.05, 0.1) is 18.8 Å². The molecule has 0 spiro atoms. The average molecular weight is 225 g/mol. The molecule has 1 unspecified atom stereocenters. The van der Waals surface area contributed by atoms with Crippen LogP contribution in [0.1, 0.15) is 31.0 Å². The summed E-state index contributed by atoms with van der Waals surface area (Å²) in [5, 5.41) is 3.19. The van der Waals surface area contributed by atoms with E-state index in [0.717, 1.165) is 11.1 Å². The number of ether oxygens (including phenoxy) is 1. The van der Waals surface area contributed by atoms with Crippen LogP contribution in [0, 0.1) is 12.7 Å². The fourth-order valence-electron chi connectivity index (χ4n) is 1.65. The molecule has 0 aliphatic rings. The smallest absolute Gasteiger partial charge is 0.123 e. The Morgan fingerprint density at radius 3 is 2.56 bits per heavy atom. The van der Waals surface area contributed by atoms with E-state index in [2.05, 4.69) is 5.32 Å². The zero-order chi connectivity index (χ0) is 12.1. The lowest BCUT2D eigenvalue weighted by atomic mass is 10.0. The van der Waals surface area contributed by atoms with Crippen LogP contribution in [-0.2, 0) is 4.74 Å². The molecule has 0 amide bonds. The van der Waals surface area contributed by atoms with Crippen LogP contribution in [-0.4, -0.2) is 19.8 Å². The first-order valence-electron chi connectivity index (χ1n) is 5.59. The maximum atomic E-state index is 13.0. The van der Waals surface area contributed by atoms with Crippen molar-refractivity contribution in [3.05, 3.63) is 35.1 Å². The number of halogens is 1. The summed E-state index contributed by atoms with van der Waals surface area (Å²) in [6, 6.07) is 4.97. The van der Waals surface area contributed by atoms with Crippen LogP contribution in [0.25, 0.3) is 0 Å². The number of rotatable bonds is 5. The maximum absolute atomic E-state index is 13.0. The van der Waals surface area contributed by atoms with E-state index in [1.165, 1.54) is 6.07 Å². The van der Waals surface area contributed by atoms with Gasteiger partial charge in [-0.25, -0.2) is 4.39 Å². The number of hydrogen-bond acceptors (Lipinski definition) is 2. The third-order valence-corrected chi connectivity index (χ3v) is 2.55. The quantitative estimate of drug-likeness (QED) is 0.832. The molecule has 1 aromatic carbocycles. The molecule has 0 bridgehead atoms. The van der Waals surface area contributed by atoms with Gasteiger partial charge in [0.1, 0.15) is 5.82 Å². The fourth-order valence-corrected chi connectivity index (χ4v) is 1.65. The highest BCUT2D eigenvalue weighted by Crippen LogP contribution is 2.19. The van der Waals surface area contributed by atoms with Gasteiger partial charge in [0.2, 0.25) is 0 Å². The van der Waals surface area contributed by atoms with Crippen LogP contribution < -0.4 is 5.32 Å². The molecule has 16 heavy (non-hydrogen) atoms. The van der Waals surface area contributed by atoms with Gasteiger partial charge < -0.3 is 10.1 Å².